The van der Waals surface area contributed by atoms with Crippen molar-refractivity contribution in [2.75, 3.05) is 0 Å². The fourth-order valence-corrected chi connectivity index (χ4v) is 1.10. The molecular formula is C10H8Cl3FO. The van der Waals surface area contributed by atoms with E-state index in [1.807, 2.05) is 0 Å². The molecule has 0 aliphatic rings. The Morgan fingerprint density at radius 3 is 2.20 bits per heavy atom. The van der Waals surface area contributed by atoms with Crippen molar-refractivity contribution in [2.24, 2.45) is 0 Å². The van der Waals surface area contributed by atoms with Crippen LogP contribution in [0.2, 0.25) is 0 Å². The summed E-state index contributed by atoms with van der Waals surface area (Å²) in [5.41, 5.74) is 0.713. The lowest BCUT2D eigenvalue weighted by atomic mass is 10.2. The van der Waals surface area contributed by atoms with Gasteiger partial charge in [0.25, 0.3) is 0 Å². The molecule has 0 unspecified atom stereocenters. The molecule has 0 radical (unpaired) electrons. The maximum atomic E-state index is 12.5. The predicted octanol–water partition coefficient (Wildman–Crippen LogP) is 3.57. The summed E-state index contributed by atoms with van der Waals surface area (Å²) in [6, 6.07) is 5.72. The summed E-state index contributed by atoms with van der Waals surface area (Å²) in [5, 5.41) is 9.34. The number of aliphatic hydroxyl groups is 1. The molecule has 0 aliphatic heterocycles. The molecule has 0 amide bonds. The lowest BCUT2D eigenvalue weighted by molar-refractivity contribution is 0.228. The van der Waals surface area contributed by atoms with Gasteiger partial charge < -0.3 is 5.11 Å². The van der Waals surface area contributed by atoms with Crippen LogP contribution in [0.25, 0.3) is 6.08 Å². The van der Waals surface area contributed by atoms with Crippen LogP contribution >= 0.6 is 34.8 Å². The molecule has 0 aliphatic carbocycles. The molecule has 0 bridgehead atoms. The highest BCUT2D eigenvalue weighted by Gasteiger charge is 2.28. The van der Waals surface area contributed by atoms with Crippen molar-refractivity contribution in [3.05, 3.63) is 41.7 Å². The third-order valence-electron chi connectivity index (χ3n) is 1.68. The molecule has 1 aromatic rings. The number of rotatable bonds is 2. The van der Waals surface area contributed by atoms with E-state index in [1.165, 1.54) is 18.2 Å². The van der Waals surface area contributed by atoms with E-state index in [0.29, 0.717) is 5.56 Å². The molecule has 0 spiro atoms. The minimum Gasteiger partial charge on any atom is -0.385 e. The maximum absolute atomic E-state index is 12.5. The molecule has 5 heteroatoms. The molecule has 0 fully saturated rings. The van der Waals surface area contributed by atoms with E-state index in [4.69, 9.17) is 34.8 Å². The van der Waals surface area contributed by atoms with Gasteiger partial charge in [0.2, 0.25) is 3.79 Å². The topological polar surface area (TPSA) is 20.2 Å². The summed E-state index contributed by atoms with van der Waals surface area (Å²) in [6.07, 6.45) is 1.68. The van der Waals surface area contributed by atoms with Crippen LogP contribution in [0.4, 0.5) is 4.39 Å². The van der Waals surface area contributed by atoms with Crippen LogP contribution < -0.4 is 0 Å². The number of alkyl halides is 3. The number of hydrogen-bond donors (Lipinski definition) is 1. The van der Waals surface area contributed by atoms with Crippen LogP contribution in [0, 0.1) is 5.82 Å². The van der Waals surface area contributed by atoms with Crippen molar-refractivity contribution in [1.82, 2.24) is 0 Å². The Bertz CT molecular complexity index is 343. The Morgan fingerprint density at radius 2 is 1.73 bits per heavy atom. The Labute approximate surface area is 102 Å². The van der Waals surface area contributed by atoms with E-state index < -0.39 is 9.90 Å². The van der Waals surface area contributed by atoms with Gasteiger partial charge in [0.15, 0.2) is 0 Å². The average Bonchev–Trinajstić information content (AvgIpc) is 2.15. The first-order valence-corrected chi connectivity index (χ1v) is 5.21. The third-order valence-corrected chi connectivity index (χ3v) is 2.35. The Balaban J connectivity index is 2.70. The Hall–Kier alpha value is -0.280. The molecule has 0 saturated heterocycles. The lowest BCUT2D eigenvalue weighted by Gasteiger charge is -2.14. The van der Waals surface area contributed by atoms with Gasteiger partial charge in [-0.1, -0.05) is 59.1 Å². The van der Waals surface area contributed by atoms with Gasteiger partial charge in [-0.05, 0) is 17.7 Å². The molecule has 82 valence electrons. The maximum Gasteiger partial charge on any atom is 0.219 e. The lowest BCUT2D eigenvalue weighted by Crippen LogP contribution is -2.22. The largest absolute Gasteiger partial charge is 0.385 e. The van der Waals surface area contributed by atoms with Gasteiger partial charge in [-0.2, -0.15) is 0 Å². The van der Waals surface area contributed by atoms with Crippen LogP contribution in [-0.4, -0.2) is 15.0 Å². The molecule has 0 saturated carbocycles. The molecule has 1 N–H and O–H groups in total. The fraction of sp³-hybridized carbons (Fsp3) is 0.200. The molecule has 1 aromatic carbocycles. The summed E-state index contributed by atoms with van der Waals surface area (Å²) in [5.74, 6) is -0.325. The summed E-state index contributed by atoms with van der Waals surface area (Å²) in [7, 11) is 0. The van der Waals surface area contributed by atoms with Crippen molar-refractivity contribution in [3.63, 3.8) is 0 Å². The summed E-state index contributed by atoms with van der Waals surface area (Å²) >= 11 is 16.3. The average molecular weight is 270 g/mol. The first kappa shape index (κ1) is 12.8. The van der Waals surface area contributed by atoms with E-state index in [9.17, 15) is 9.50 Å². The second-order valence-corrected chi connectivity index (χ2v) is 5.27. The van der Waals surface area contributed by atoms with E-state index in [2.05, 4.69) is 0 Å². The van der Waals surface area contributed by atoms with Crippen molar-refractivity contribution in [1.29, 1.82) is 0 Å². The van der Waals surface area contributed by atoms with Crippen molar-refractivity contribution in [3.8, 4) is 0 Å². The van der Waals surface area contributed by atoms with Crippen LogP contribution in [0.5, 0.6) is 0 Å². The molecule has 1 rings (SSSR count). The molecule has 1 atom stereocenters. The summed E-state index contributed by atoms with van der Waals surface area (Å²) in [4.78, 5) is 0. The Kier molecular flexibility index (Phi) is 4.41. The van der Waals surface area contributed by atoms with Crippen molar-refractivity contribution in [2.45, 2.75) is 9.90 Å². The van der Waals surface area contributed by atoms with Crippen molar-refractivity contribution >= 4 is 40.9 Å². The zero-order valence-corrected chi connectivity index (χ0v) is 9.77. The SMILES string of the molecule is O[C@@H](/C=C/c1ccc(F)cc1)C(Cl)(Cl)Cl. The molecule has 0 heterocycles. The smallest absolute Gasteiger partial charge is 0.219 e. The number of halogens is 4. The highest BCUT2D eigenvalue weighted by atomic mass is 35.6. The van der Waals surface area contributed by atoms with E-state index in [0.717, 1.165) is 0 Å². The summed E-state index contributed by atoms with van der Waals surface area (Å²) in [6.45, 7) is 0. The van der Waals surface area contributed by atoms with Crippen LogP contribution in [-0.2, 0) is 0 Å². The van der Waals surface area contributed by atoms with E-state index in [1.54, 1.807) is 18.2 Å². The zero-order valence-electron chi connectivity index (χ0n) is 7.50. The van der Waals surface area contributed by atoms with Crippen LogP contribution in [0.1, 0.15) is 5.56 Å². The highest BCUT2D eigenvalue weighted by Crippen LogP contribution is 2.31. The number of aliphatic hydroxyl groups excluding tert-OH is 1. The minimum atomic E-state index is -1.75. The minimum absolute atomic E-state index is 0.325. The first-order chi connectivity index (χ1) is 6.89. The van der Waals surface area contributed by atoms with Gasteiger partial charge >= 0.3 is 0 Å². The van der Waals surface area contributed by atoms with Gasteiger partial charge in [-0.15, -0.1) is 0 Å². The van der Waals surface area contributed by atoms with Gasteiger partial charge in [0.1, 0.15) is 11.9 Å². The van der Waals surface area contributed by atoms with Crippen LogP contribution in [0.3, 0.4) is 0 Å². The van der Waals surface area contributed by atoms with Gasteiger partial charge in [-0.3, -0.25) is 0 Å². The standard InChI is InChI=1S/C10H8Cl3FO/c11-10(12,13)9(15)6-3-7-1-4-8(14)5-2-7/h1-6,9,15H/b6-3+/t9-/m0/s1. The van der Waals surface area contributed by atoms with Gasteiger partial charge in [0, 0.05) is 0 Å². The molecule has 1 nitrogen and oxygen atoms in total. The van der Waals surface area contributed by atoms with Crippen LogP contribution in [0.15, 0.2) is 30.3 Å². The zero-order chi connectivity index (χ0) is 11.5. The van der Waals surface area contributed by atoms with E-state index >= 15 is 0 Å². The fourth-order valence-electron chi connectivity index (χ4n) is 0.885. The molecular weight excluding hydrogens is 261 g/mol. The van der Waals surface area contributed by atoms with Gasteiger partial charge in [0.05, 0.1) is 0 Å². The second kappa shape index (κ2) is 5.17. The van der Waals surface area contributed by atoms with Gasteiger partial charge in [-0.25, -0.2) is 4.39 Å². The third kappa shape index (κ3) is 4.39. The first-order valence-electron chi connectivity index (χ1n) is 4.08. The summed E-state index contributed by atoms with van der Waals surface area (Å²) < 4.78 is 10.8. The highest BCUT2D eigenvalue weighted by molar-refractivity contribution is 6.68. The number of hydrogen-bond acceptors (Lipinski definition) is 1. The number of benzene rings is 1. The predicted molar refractivity (Wildman–Crippen MR) is 61.7 cm³/mol. The molecule has 0 aromatic heterocycles. The normalized spacial score (nSPS) is 14.5. The quantitative estimate of drug-likeness (QED) is 0.814. The van der Waals surface area contributed by atoms with Crippen molar-refractivity contribution < 1.29 is 9.50 Å². The Morgan fingerprint density at radius 1 is 1.20 bits per heavy atom. The second-order valence-electron chi connectivity index (χ2n) is 2.90. The van der Waals surface area contributed by atoms with E-state index in [-0.39, 0.29) is 5.82 Å². The molecule has 15 heavy (non-hydrogen) atoms. The monoisotopic (exact) mass is 268 g/mol.